The quantitative estimate of drug-likeness (QED) is 0.477. The Morgan fingerprint density at radius 1 is 1.00 bits per heavy atom. The molecule has 7 nitrogen and oxygen atoms in total. The molecule has 0 saturated heterocycles. The Morgan fingerprint density at radius 2 is 1.48 bits per heavy atom. The van der Waals surface area contributed by atoms with Gasteiger partial charge in [0.1, 0.15) is 5.41 Å². The first-order valence-electron chi connectivity index (χ1n) is 9.76. The van der Waals surface area contributed by atoms with Gasteiger partial charge in [-0.15, -0.1) is 0 Å². The summed E-state index contributed by atoms with van der Waals surface area (Å²) in [4.78, 5) is 22.6. The van der Waals surface area contributed by atoms with Crippen LogP contribution in [0.15, 0.2) is 36.4 Å². The van der Waals surface area contributed by atoms with Crippen molar-refractivity contribution in [3.63, 3.8) is 0 Å². The number of nitrogens with two attached hydrogens (primary N) is 1. The van der Waals surface area contributed by atoms with E-state index in [1.807, 2.05) is 24.3 Å². The number of nitrogens with one attached hydrogen (secondary N) is 2. The van der Waals surface area contributed by atoms with Crippen molar-refractivity contribution < 1.29 is 19.6 Å². The van der Waals surface area contributed by atoms with Gasteiger partial charge in [0.15, 0.2) is 0 Å². The summed E-state index contributed by atoms with van der Waals surface area (Å²) in [6.45, 7) is 1.40. The van der Waals surface area contributed by atoms with Crippen molar-refractivity contribution in [2.45, 2.75) is 37.8 Å². The van der Waals surface area contributed by atoms with Crippen LogP contribution in [-0.2, 0) is 45.8 Å². The fourth-order valence-electron chi connectivity index (χ4n) is 4.31. The molecule has 0 spiro atoms. The van der Waals surface area contributed by atoms with E-state index in [1.165, 1.54) is 0 Å². The second-order valence-electron chi connectivity index (χ2n) is 7.28. The number of carboxylic acids is 1. The summed E-state index contributed by atoms with van der Waals surface area (Å²) in [5, 5.41) is 10.4. The lowest BCUT2D eigenvalue weighted by atomic mass is 9.70. The first-order chi connectivity index (χ1) is 14.1. The first kappa shape index (κ1) is 21.4. The van der Waals surface area contributed by atoms with Gasteiger partial charge in [0.25, 0.3) is 0 Å². The SMILES string of the molecule is CONCc1ccc2c(c1)CCc1cc(CNOC)ccc1C2(CCN)C(=O)O. The van der Waals surface area contributed by atoms with E-state index in [9.17, 15) is 9.90 Å². The van der Waals surface area contributed by atoms with Gasteiger partial charge >= 0.3 is 5.97 Å². The van der Waals surface area contributed by atoms with Gasteiger partial charge < -0.3 is 20.5 Å². The molecule has 0 fully saturated rings. The number of benzene rings is 2. The molecule has 0 aliphatic heterocycles. The van der Waals surface area contributed by atoms with Crippen LogP contribution in [0.1, 0.15) is 39.8 Å². The largest absolute Gasteiger partial charge is 0.480 e. The normalized spacial score (nSPS) is 14.7. The van der Waals surface area contributed by atoms with E-state index in [2.05, 4.69) is 23.1 Å². The molecule has 7 heteroatoms. The monoisotopic (exact) mass is 399 g/mol. The van der Waals surface area contributed by atoms with E-state index in [0.29, 0.717) is 19.5 Å². The number of aliphatic carboxylic acids is 1. The summed E-state index contributed by atoms with van der Waals surface area (Å²) < 4.78 is 0. The highest BCUT2D eigenvalue weighted by Crippen LogP contribution is 2.43. The highest BCUT2D eigenvalue weighted by molar-refractivity contribution is 5.87. The van der Waals surface area contributed by atoms with Crippen molar-refractivity contribution in [2.24, 2.45) is 5.73 Å². The molecule has 0 amide bonds. The van der Waals surface area contributed by atoms with Crippen molar-refractivity contribution in [2.75, 3.05) is 20.8 Å². The highest BCUT2D eigenvalue weighted by Gasteiger charge is 2.45. The maximum absolute atomic E-state index is 12.7. The van der Waals surface area contributed by atoms with Crippen LogP contribution in [-0.4, -0.2) is 31.8 Å². The van der Waals surface area contributed by atoms with Gasteiger partial charge in [-0.2, -0.15) is 11.0 Å². The molecular formula is C22H29N3O4. The number of fused-ring (bicyclic) bond motifs is 2. The Hall–Kier alpha value is -2.29. The fourth-order valence-corrected chi connectivity index (χ4v) is 4.31. The van der Waals surface area contributed by atoms with E-state index in [-0.39, 0.29) is 6.54 Å². The average Bonchev–Trinajstić information content (AvgIpc) is 2.86. The van der Waals surface area contributed by atoms with Crippen LogP contribution in [0.5, 0.6) is 0 Å². The first-order valence-corrected chi connectivity index (χ1v) is 9.76. The molecule has 2 aromatic carbocycles. The number of carbonyl (C=O) groups is 1. The lowest BCUT2D eigenvalue weighted by molar-refractivity contribution is -0.142. The lowest BCUT2D eigenvalue weighted by Crippen LogP contribution is -2.40. The maximum Gasteiger partial charge on any atom is 0.318 e. The molecule has 0 bridgehead atoms. The molecule has 29 heavy (non-hydrogen) atoms. The average molecular weight is 399 g/mol. The van der Waals surface area contributed by atoms with Crippen LogP contribution in [0.25, 0.3) is 0 Å². The molecule has 1 aliphatic rings. The van der Waals surface area contributed by atoms with Crippen LogP contribution in [0.3, 0.4) is 0 Å². The van der Waals surface area contributed by atoms with E-state index in [1.54, 1.807) is 14.2 Å². The molecule has 0 aromatic heterocycles. The van der Waals surface area contributed by atoms with Crippen LogP contribution >= 0.6 is 0 Å². The zero-order chi connectivity index (χ0) is 20.9. The summed E-state index contributed by atoms with van der Waals surface area (Å²) in [6.07, 6.45) is 1.88. The predicted molar refractivity (Wildman–Crippen MR) is 110 cm³/mol. The molecular weight excluding hydrogens is 370 g/mol. The second-order valence-corrected chi connectivity index (χ2v) is 7.28. The van der Waals surface area contributed by atoms with Gasteiger partial charge in [0.2, 0.25) is 0 Å². The summed E-state index contributed by atoms with van der Waals surface area (Å²) in [5.41, 5.74) is 16.3. The summed E-state index contributed by atoms with van der Waals surface area (Å²) in [5.74, 6) is -0.863. The molecule has 0 radical (unpaired) electrons. The smallest absolute Gasteiger partial charge is 0.318 e. The Balaban J connectivity index is 2.14. The van der Waals surface area contributed by atoms with Crippen molar-refractivity contribution in [3.05, 3.63) is 69.8 Å². The van der Waals surface area contributed by atoms with Crippen molar-refractivity contribution in [3.8, 4) is 0 Å². The summed E-state index contributed by atoms with van der Waals surface area (Å²) >= 11 is 0. The Labute approximate surface area is 171 Å². The number of rotatable bonds is 9. The standard InChI is InChI=1S/C22H29N3O4/c1-28-24-13-15-3-7-19-17(11-15)5-6-18-12-16(14-25-29-2)4-8-20(18)22(19,9-10-23)21(26)27/h3-4,7-8,11-12,24-25H,5-6,9-10,13-14,23H2,1-2H3,(H,26,27). The van der Waals surface area contributed by atoms with E-state index in [0.717, 1.165) is 46.2 Å². The topological polar surface area (TPSA) is 106 Å². The molecule has 2 aromatic rings. The Morgan fingerprint density at radius 3 is 1.86 bits per heavy atom. The van der Waals surface area contributed by atoms with Crippen molar-refractivity contribution in [1.29, 1.82) is 0 Å². The number of aryl methyl sites for hydroxylation is 2. The number of hydroxylamine groups is 2. The highest BCUT2D eigenvalue weighted by atomic mass is 16.6. The Kier molecular flexibility index (Phi) is 7.00. The van der Waals surface area contributed by atoms with Gasteiger partial charge in [-0.1, -0.05) is 36.4 Å². The molecule has 5 N–H and O–H groups in total. The molecule has 0 atom stereocenters. The summed E-state index contributed by atoms with van der Waals surface area (Å²) in [6, 6.07) is 12.0. The molecule has 3 rings (SSSR count). The van der Waals surface area contributed by atoms with Crippen LogP contribution in [0.2, 0.25) is 0 Å². The minimum absolute atomic E-state index is 0.283. The Bertz CT molecular complexity index is 810. The molecule has 1 aliphatic carbocycles. The van der Waals surface area contributed by atoms with Crippen molar-refractivity contribution in [1.82, 2.24) is 11.0 Å². The third-order valence-electron chi connectivity index (χ3n) is 5.65. The molecule has 0 heterocycles. The lowest BCUT2D eigenvalue weighted by Gasteiger charge is -2.32. The molecule has 0 unspecified atom stereocenters. The number of hydrogen-bond donors (Lipinski definition) is 4. The zero-order valence-electron chi connectivity index (χ0n) is 17.0. The van der Waals surface area contributed by atoms with E-state index < -0.39 is 11.4 Å². The fraction of sp³-hybridized carbons (Fsp3) is 0.409. The third-order valence-corrected chi connectivity index (χ3v) is 5.65. The maximum atomic E-state index is 12.7. The van der Waals surface area contributed by atoms with Crippen molar-refractivity contribution >= 4 is 5.97 Å². The van der Waals surface area contributed by atoms with Gasteiger partial charge in [-0.25, -0.2) is 0 Å². The van der Waals surface area contributed by atoms with Gasteiger partial charge in [0.05, 0.1) is 14.2 Å². The van der Waals surface area contributed by atoms with Crippen LogP contribution in [0.4, 0.5) is 0 Å². The van der Waals surface area contributed by atoms with E-state index >= 15 is 0 Å². The predicted octanol–water partition coefficient (Wildman–Crippen LogP) is 1.81. The second kappa shape index (κ2) is 9.47. The van der Waals surface area contributed by atoms with E-state index in [4.69, 9.17) is 15.4 Å². The third kappa shape index (κ3) is 4.19. The zero-order valence-corrected chi connectivity index (χ0v) is 17.0. The van der Waals surface area contributed by atoms with Gasteiger partial charge in [0, 0.05) is 13.1 Å². The minimum atomic E-state index is -1.16. The number of hydrogen-bond acceptors (Lipinski definition) is 6. The minimum Gasteiger partial charge on any atom is -0.480 e. The van der Waals surface area contributed by atoms with Gasteiger partial charge in [-0.3, -0.25) is 4.79 Å². The van der Waals surface area contributed by atoms with Crippen LogP contribution < -0.4 is 16.7 Å². The van der Waals surface area contributed by atoms with Gasteiger partial charge in [-0.05, 0) is 59.2 Å². The summed E-state index contributed by atoms with van der Waals surface area (Å²) in [7, 11) is 3.15. The molecule has 0 saturated carbocycles. The molecule has 156 valence electrons. The van der Waals surface area contributed by atoms with Crippen LogP contribution in [0, 0.1) is 0 Å². The number of carboxylic acid groups (broad SMARTS) is 1.